The molecule has 0 atom stereocenters. The molecule has 3 nitrogen and oxygen atoms in total. The van der Waals surface area contributed by atoms with Gasteiger partial charge >= 0.3 is 0 Å². The van der Waals surface area contributed by atoms with Gasteiger partial charge in [-0.05, 0) is 102 Å². The Morgan fingerprint density at radius 2 is 1.09 bits per heavy atom. The predicted molar refractivity (Wildman–Crippen MR) is 281 cm³/mol. The van der Waals surface area contributed by atoms with Crippen molar-refractivity contribution < 1.29 is 0 Å². The van der Waals surface area contributed by atoms with Crippen LogP contribution in [0.1, 0.15) is 152 Å². The van der Waals surface area contributed by atoms with Gasteiger partial charge in [0.2, 0.25) is 0 Å². The average Bonchev–Trinajstić information content (AvgIpc) is 4.08. The Labute approximate surface area is 394 Å². The quantitative estimate of drug-likeness (QED) is 0.0364. The van der Waals surface area contributed by atoms with Gasteiger partial charge in [-0.2, -0.15) is 5.26 Å². The van der Waals surface area contributed by atoms with E-state index in [9.17, 15) is 5.26 Å². The summed E-state index contributed by atoms with van der Waals surface area (Å²) >= 11 is 5.35. The van der Waals surface area contributed by atoms with Crippen molar-refractivity contribution in [3.8, 4) is 27.6 Å². The van der Waals surface area contributed by atoms with Gasteiger partial charge in [0.15, 0.2) is 5.70 Å². The third-order valence-electron chi connectivity index (χ3n) is 13.5. The highest BCUT2D eigenvalue weighted by Gasteiger charge is 2.43. The predicted octanol–water partition coefficient (Wildman–Crippen LogP) is 19.8. The van der Waals surface area contributed by atoms with Gasteiger partial charge in [-0.25, -0.2) is 4.85 Å². The molecule has 0 N–H and O–H groups in total. The number of hydrogen-bond acceptors (Lipinski definition) is 5. The molecule has 0 aliphatic heterocycles. The second-order valence-electron chi connectivity index (χ2n) is 17.9. The lowest BCUT2D eigenvalue weighted by Gasteiger charge is -2.34. The number of fused-ring (bicyclic) bond motifs is 6. The van der Waals surface area contributed by atoms with Crippen molar-refractivity contribution in [1.82, 2.24) is 0 Å². The number of benzene rings is 4. The molecule has 1 aliphatic rings. The zero-order valence-electron chi connectivity index (χ0n) is 38.2. The summed E-state index contributed by atoms with van der Waals surface area (Å²) in [5.41, 5.74) is 11.6. The first kappa shape index (κ1) is 45.6. The van der Waals surface area contributed by atoms with Gasteiger partial charge in [-0.15, -0.1) is 34.0 Å². The molecule has 0 fully saturated rings. The van der Waals surface area contributed by atoms with E-state index in [0.29, 0.717) is 11.3 Å². The van der Waals surface area contributed by atoms with Gasteiger partial charge in [0.25, 0.3) is 0 Å². The van der Waals surface area contributed by atoms with Crippen molar-refractivity contribution in [1.29, 1.82) is 5.26 Å². The van der Waals surface area contributed by atoms with Crippen LogP contribution in [0.2, 0.25) is 0 Å². The minimum Gasteiger partial charge on any atom is -0.310 e. The highest BCUT2D eigenvalue weighted by atomic mass is 32.1. The molecule has 0 spiro atoms. The van der Waals surface area contributed by atoms with Crippen LogP contribution in [0, 0.1) is 17.9 Å². The molecule has 0 bridgehead atoms. The fourth-order valence-corrected chi connectivity index (χ4v) is 14.2. The van der Waals surface area contributed by atoms with Gasteiger partial charge in [0.1, 0.15) is 0 Å². The summed E-state index contributed by atoms with van der Waals surface area (Å²) in [5, 5.41) is 9.94. The lowest BCUT2D eigenvalue weighted by molar-refractivity contribution is 0.397. The second-order valence-corrected chi connectivity index (χ2v) is 21.1. The Bertz CT molecular complexity index is 2690. The molecular weight excluding hydrogens is 835 g/mol. The number of thiophene rings is 3. The van der Waals surface area contributed by atoms with Crippen LogP contribution < -0.4 is 4.90 Å². The Kier molecular flexibility index (Phi) is 15.5. The average molecular weight is 898 g/mol. The number of allylic oxidation sites excluding steroid dienone is 2. The molecule has 0 unspecified atom stereocenters. The van der Waals surface area contributed by atoms with Crippen molar-refractivity contribution in [3.05, 3.63) is 142 Å². The molecule has 328 valence electrons. The number of nitrogens with zero attached hydrogens (tertiary/aromatic N) is 3. The molecule has 0 saturated heterocycles. The maximum atomic E-state index is 9.94. The van der Waals surface area contributed by atoms with Gasteiger partial charge in [-0.3, -0.25) is 0 Å². The highest BCUT2D eigenvalue weighted by molar-refractivity contribution is 7.39. The SMILES string of the molecule is [C-]#[N+]/C(C)=C(/C#N)c1cc2sc3cc(-c4ccc5c(c4)C(CCCCCCCCCC)(CCCCCCCCCC)c4cc(N(c6ccccc6)c6ccccc6)ccc4-5)sc3c2s1. The third-order valence-corrected chi connectivity index (χ3v) is 17.4. The minimum absolute atomic E-state index is 0.0779. The first-order chi connectivity index (χ1) is 31.5. The van der Waals surface area contributed by atoms with E-state index >= 15 is 0 Å². The van der Waals surface area contributed by atoms with Gasteiger partial charge in [0, 0.05) is 41.6 Å². The van der Waals surface area contributed by atoms with E-state index in [1.54, 1.807) is 18.3 Å². The smallest absolute Gasteiger partial charge is 0.181 e. The largest absolute Gasteiger partial charge is 0.310 e. The Morgan fingerprint density at radius 1 is 0.578 bits per heavy atom. The second kappa shape index (κ2) is 21.8. The molecule has 3 heterocycles. The number of nitriles is 1. The number of anilines is 3. The summed E-state index contributed by atoms with van der Waals surface area (Å²) in [7, 11) is 0. The first-order valence-electron chi connectivity index (χ1n) is 24.1. The minimum atomic E-state index is -0.0779. The lowest BCUT2D eigenvalue weighted by atomic mass is 9.70. The molecule has 3 aromatic heterocycles. The zero-order valence-corrected chi connectivity index (χ0v) is 40.6. The van der Waals surface area contributed by atoms with Crippen molar-refractivity contribution in [2.24, 2.45) is 0 Å². The molecule has 0 radical (unpaired) electrons. The van der Waals surface area contributed by atoms with Crippen LogP contribution in [0.5, 0.6) is 0 Å². The van der Waals surface area contributed by atoms with Crippen LogP contribution in [0.4, 0.5) is 17.1 Å². The zero-order chi connectivity index (χ0) is 44.3. The molecule has 8 rings (SSSR count). The van der Waals surface area contributed by atoms with Crippen LogP contribution >= 0.6 is 34.0 Å². The topological polar surface area (TPSA) is 31.4 Å². The Morgan fingerprint density at radius 3 is 1.66 bits per heavy atom. The molecule has 64 heavy (non-hydrogen) atoms. The molecular formula is C58H63N3S3. The van der Waals surface area contributed by atoms with Gasteiger partial charge < -0.3 is 4.90 Å². The molecule has 0 saturated carbocycles. The molecule has 1 aliphatic carbocycles. The maximum absolute atomic E-state index is 9.94. The monoisotopic (exact) mass is 897 g/mol. The van der Waals surface area contributed by atoms with Crippen molar-refractivity contribution in [2.75, 3.05) is 4.90 Å². The summed E-state index contributed by atoms with van der Waals surface area (Å²) in [4.78, 5) is 8.24. The Balaban J connectivity index is 1.20. The summed E-state index contributed by atoms with van der Waals surface area (Å²) < 4.78 is 5.03. The molecule has 0 amide bonds. The first-order valence-corrected chi connectivity index (χ1v) is 26.6. The number of unbranched alkanes of at least 4 members (excludes halogenated alkanes) is 14. The van der Waals surface area contributed by atoms with Crippen LogP contribution in [0.3, 0.4) is 0 Å². The van der Waals surface area contributed by atoms with E-state index in [1.807, 2.05) is 22.7 Å². The lowest BCUT2D eigenvalue weighted by Crippen LogP contribution is -2.26. The maximum Gasteiger partial charge on any atom is 0.181 e. The van der Waals surface area contributed by atoms with Crippen molar-refractivity contribution >= 4 is 75.4 Å². The van der Waals surface area contributed by atoms with E-state index in [0.717, 1.165) is 4.88 Å². The highest BCUT2D eigenvalue weighted by Crippen LogP contribution is 2.57. The fraction of sp³-hybridized carbons (Fsp3) is 0.379. The van der Waals surface area contributed by atoms with E-state index in [-0.39, 0.29) is 5.41 Å². The normalized spacial score (nSPS) is 13.1. The molecule has 4 aromatic carbocycles. The molecule has 6 heteroatoms. The van der Waals surface area contributed by atoms with E-state index in [4.69, 9.17) is 6.57 Å². The summed E-state index contributed by atoms with van der Waals surface area (Å²) in [6.07, 6.45) is 23.5. The summed E-state index contributed by atoms with van der Waals surface area (Å²) in [6, 6.07) is 43.4. The third kappa shape index (κ3) is 9.82. The van der Waals surface area contributed by atoms with Crippen LogP contribution in [-0.4, -0.2) is 0 Å². The number of para-hydroxylation sites is 2. The fourth-order valence-electron chi connectivity index (χ4n) is 10.1. The molecule has 7 aromatic rings. The van der Waals surface area contributed by atoms with Crippen LogP contribution in [-0.2, 0) is 5.41 Å². The van der Waals surface area contributed by atoms with Gasteiger partial charge in [0.05, 0.1) is 27.6 Å². The summed E-state index contributed by atoms with van der Waals surface area (Å²) in [5.74, 6) is 0. The number of rotatable bonds is 23. The van der Waals surface area contributed by atoms with Gasteiger partial charge in [-0.1, -0.05) is 171 Å². The van der Waals surface area contributed by atoms with E-state index in [1.165, 1.54) is 184 Å². The van der Waals surface area contributed by atoms with E-state index in [2.05, 4.69) is 139 Å². The van der Waals surface area contributed by atoms with Crippen LogP contribution in [0.25, 0.3) is 50.8 Å². The van der Waals surface area contributed by atoms with Crippen molar-refractivity contribution in [3.63, 3.8) is 0 Å². The standard InChI is InChI=1S/C58H63N3S3/c1-5-7-9-11-13-15-17-25-35-58(36-26-18-16-14-12-10-8-6-2)50-37-43(52-39-54-56(63-52)57-55(62-54)40-53(64-57)49(41-59)42(3)60-4)31-33-47(50)48-34-32-46(38-51(48)58)61(44-27-21-19-22-28-44)45-29-23-20-24-30-45/h19-24,27-34,37-40H,5-18,25-26,35-36H2,1-3H3/b49-42-. The Hall–Kier alpha value is -4.98. The van der Waals surface area contributed by atoms with Crippen LogP contribution in [0.15, 0.2) is 115 Å². The van der Waals surface area contributed by atoms with Crippen molar-refractivity contribution in [2.45, 2.75) is 142 Å². The number of hydrogen-bond donors (Lipinski definition) is 0. The van der Waals surface area contributed by atoms with E-state index < -0.39 is 0 Å². The summed E-state index contributed by atoms with van der Waals surface area (Å²) in [6.45, 7) is 13.9.